The van der Waals surface area contributed by atoms with Crippen LogP contribution in [0.4, 0.5) is 10.1 Å². The quantitative estimate of drug-likeness (QED) is 0.480. The standard InChI is InChI=1S/C10H11ClFN3O/c1-6(16)8(13)5-15(14)9-4-2-3-7(11)10(9)12/h2-5H,13-14H2,1H3/b8-5-. The maximum Gasteiger partial charge on any atom is 0.176 e. The second-order valence-corrected chi connectivity index (χ2v) is 3.53. The van der Waals surface area contributed by atoms with Gasteiger partial charge in [0, 0.05) is 13.1 Å². The molecular formula is C10H11ClFN3O. The predicted molar refractivity (Wildman–Crippen MR) is 61.0 cm³/mol. The van der Waals surface area contributed by atoms with E-state index in [-0.39, 0.29) is 22.2 Å². The molecule has 86 valence electrons. The average Bonchev–Trinajstić information content (AvgIpc) is 2.21. The van der Waals surface area contributed by atoms with Gasteiger partial charge in [0.05, 0.1) is 16.4 Å². The van der Waals surface area contributed by atoms with Gasteiger partial charge in [0.25, 0.3) is 0 Å². The van der Waals surface area contributed by atoms with E-state index in [4.69, 9.17) is 23.2 Å². The zero-order valence-electron chi connectivity index (χ0n) is 8.58. The van der Waals surface area contributed by atoms with Crippen LogP contribution in [0.25, 0.3) is 0 Å². The number of carbonyl (C=O) groups is 1. The molecule has 0 radical (unpaired) electrons. The minimum atomic E-state index is -0.667. The molecule has 0 amide bonds. The number of Topliss-reactive ketones (excluding diaryl/α,β-unsaturated/α-hetero) is 1. The van der Waals surface area contributed by atoms with E-state index >= 15 is 0 Å². The number of allylic oxidation sites excluding steroid dienone is 1. The van der Waals surface area contributed by atoms with Crippen LogP contribution >= 0.6 is 11.6 Å². The average molecular weight is 244 g/mol. The van der Waals surface area contributed by atoms with Gasteiger partial charge in [0.15, 0.2) is 11.6 Å². The topological polar surface area (TPSA) is 72.4 Å². The van der Waals surface area contributed by atoms with Gasteiger partial charge in [0.1, 0.15) is 0 Å². The maximum atomic E-state index is 13.5. The fraction of sp³-hybridized carbons (Fsp3) is 0.100. The van der Waals surface area contributed by atoms with E-state index in [1.165, 1.54) is 19.1 Å². The van der Waals surface area contributed by atoms with Crippen molar-refractivity contribution >= 4 is 23.1 Å². The molecule has 16 heavy (non-hydrogen) atoms. The number of rotatable bonds is 3. The van der Waals surface area contributed by atoms with Crippen LogP contribution in [0, 0.1) is 5.82 Å². The molecule has 0 spiro atoms. The number of hydrogen-bond acceptors (Lipinski definition) is 4. The number of ketones is 1. The molecule has 0 aliphatic carbocycles. The normalized spacial score (nSPS) is 11.4. The van der Waals surface area contributed by atoms with E-state index in [0.29, 0.717) is 0 Å². The number of nitrogens with two attached hydrogens (primary N) is 2. The van der Waals surface area contributed by atoms with Gasteiger partial charge in [-0.25, -0.2) is 10.2 Å². The lowest BCUT2D eigenvalue weighted by Gasteiger charge is -2.15. The number of hydrogen-bond donors (Lipinski definition) is 2. The van der Waals surface area contributed by atoms with Crippen LogP contribution in [0.3, 0.4) is 0 Å². The molecule has 0 saturated carbocycles. The largest absolute Gasteiger partial charge is 0.395 e. The summed E-state index contributed by atoms with van der Waals surface area (Å²) in [5.41, 5.74) is 5.35. The number of benzene rings is 1. The Morgan fingerprint density at radius 1 is 1.56 bits per heavy atom. The van der Waals surface area contributed by atoms with Crippen molar-refractivity contribution in [2.45, 2.75) is 6.92 Å². The fourth-order valence-corrected chi connectivity index (χ4v) is 1.17. The van der Waals surface area contributed by atoms with E-state index in [2.05, 4.69) is 0 Å². The highest BCUT2D eigenvalue weighted by atomic mass is 35.5. The summed E-state index contributed by atoms with van der Waals surface area (Å²) in [5.74, 6) is 4.51. The second-order valence-electron chi connectivity index (χ2n) is 3.12. The van der Waals surface area contributed by atoms with Gasteiger partial charge < -0.3 is 5.73 Å². The lowest BCUT2D eigenvalue weighted by Crippen LogP contribution is -2.28. The summed E-state index contributed by atoms with van der Waals surface area (Å²) in [6, 6.07) is 4.36. The summed E-state index contributed by atoms with van der Waals surface area (Å²) in [4.78, 5) is 10.9. The van der Waals surface area contributed by atoms with Gasteiger partial charge in [-0.2, -0.15) is 0 Å². The summed E-state index contributed by atoms with van der Waals surface area (Å²) >= 11 is 5.58. The third kappa shape index (κ3) is 2.71. The Kier molecular flexibility index (Phi) is 3.87. The van der Waals surface area contributed by atoms with E-state index in [9.17, 15) is 9.18 Å². The zero-order valence-corrected chi connectivity index (χ0v) is 9.33. The molecule has 0 unspecified atom stereocenters. The first-order chi connectivity index (χ1) is 7.43. The Morgan fingerprint density at radius 2 is 2.19 bits per heavy atom. The number of carbonyl (C=O) groups excluding carboxylic acids is 1. The van der Waals surface area contributed by atoms with Crippen LogP contribution < -0.4 is 16.6 Å². The van der Waals surface area contributed by atoms with Crippen molar-refractivity contribution in [3.8, 4) is 0 Å². The van der Waals surface area contributed by atoms with Crippen molar-refractivity contribution in [2.24, 2.45) is 11.6 Å². The van der Waals surface area contributed by atoms with Gasteiger partial charge >= 0.3 is 0 Å². The molecule has 0 aromatic heterocycles. The monoisotopic (exact) mass is 243 g/mol. The summed E-state index contributed by atoms with van der Waals surface area (Å²) in [5, 5.41) is 0.862. The molecule has 1 rings (SSSR count). The molecule has 4 nitrogen and oxygen atoms in total. The summed E-state index contributed by atoms with van der Waals surface area (Å²) < 4.78 is 13.5. The molecule has 0 heterocycles. The zero-order chi connectivity index (χ0) is 12.3. The smallest absolute Gasteiger partial charge is 0.176 e. The van der Waals surface area contributed by atoms with E-state index in [1.54, 1.807) is 6.07 Å². The van der Waals surface area contributed by atoms with Crippen molar-refractivity contribution < 1.29 is 9.18 Å². The van der Waals surface area contributed by atoms with Crippen LogP contribution in [0.15, 0.2) is 30.1 Å². The van der Waals surface area contributed by atoms with E-state index < -0.39 is 5.82 Å². The van der Waals surface area contributed by atoms with Crippen molar-refractivity contribution in [3.05, 3.63) is 40.9 Å². The number of halogens is 2. The van der Waals surface area contributed by atoms with E-state index in [0.717, 1.165) is 11.2 Å². The molecule has 1 aromatic carbocycles. The highest BCUT2D eigenvalue weighted by molar-refractivity contribution is 6.31. The Hall–Kier alpha value is -1.59. The summed E-state index contributed by atoms with van der Waals surface area (Å²) in [7, 11) is 0. The number of hydrazine groups is 1. The van der Waals surface area contributed by atoms with Crippen LogP contribution in [0.5, 0.6) is 0 Å². The first kappa shape index (κ1) is 12.5. The lowest BCUT2D eigenvalue weighted by atomic mass is 10.3. The van der Waals surface area contributed by atoms with Crippen LogP contribution in [0.2, 0.25) is 5.02 Å². The second kappa shape index (κ2) is 4.96. The van der Waals surface area contributed by atoms with Crippen LogP contribution in [-0.2, 0) is 4.79 Å². The van der Waals surface area contributed by atoms with Crippen LogP contribution in [0.1, 0.15) is 6.92 Å². The first-order valence-electron chi connectivity index (χ1n) is 4.39. The Morgan fingerprint density at radius 3 is 2.75 bits per heavy atom. The molecule has 6 heteroatoms. The molecule has 0 aliphatic rings. The molecule has 0 fully saturated rings. The molecule has 0 aliphatic heterocycles. The molecule has 0 atom stereocenters. The Labute approximate surface area is 97.2 Å². The van der Waals surface area contributed by atoms with Crippen molar-refractivity contribution in [1.29, 1.82) is 0 Å². The Balaban J connectivity index is 3.06. The summed E-state index contributed by atoms with van der Waals surface area (Å²) in [6.45, 7) is 1.29. The van der Waals surface area contributed by atoms with Gasteiger partial charge in [0.2, 0.25) is 0 Å². The first-order valence-corrected chi connectivity index (χ1v) is 4.77. The Bertz CT molecular complexity index is 448. The van der Waals surface area contributed by atoms with Crippen molar-refractivity contribution in [3.63, 3.8) is 0 Å². The SMILES string of the molecule is CC(=O)/C(N)=C/N(N)c1cccc(Cl)c1F. The molecule has 0 bridgehead atoms. The fourth-order valence-electron chi connectivity index (χ4n) is 1.00. The minimum absolute atomic E-state index is 0.0386. The summed E-state index contributed by atoms with van der Waals surface area (Å²) in [6.07, 6.45) is 1.14. The lowest BCUT2D eigenvalue weighted by molar-refractivity contribution is -0.113. The number of anilines is 1. The molecule has 0 saturated heterocycles. The molecule has 1 aromatic rings. The van der Waals surface area contributed by atoms with Gasteiger partial charge in [-0.15, -0.1) is 0 Å². The van der Waals surface area contributed by atoms with Gasteiger partial charge in [-0.1, -0.05) is 17.7 Å². The van der Waals surface area contributed by atoms with Crippen molar-refractivity contribution in [1.82, 2.24) is 0 Å². The highest BCUT2D eigenvalue weighted by Crippen LogP contribution is 2.24. The molecular weight excluding hydrogens is 233 g/mol. The van der Waals surface area contributed by atoms with Crippen LogP contribution in [-0.4, -0.2) is 5.78 Å². The van der Waals surface area contributed by atoms with Gasteiger partial charge in [-0.05, 0) is 12.1 Å². The molecule has 4 N–H and O–H groups in total. The minimum Gasteiger partial charge on any atom is -0.395 e. The predicted octanol–water partition coefficient (Wildman–Crippen LogP) is 1.55. The van der Waals surface area contributed by atoms with E-state index in [1.807, 2.05) is 0 Å². The third-order valence-corrected chi connectivity index (χ3v) is 2.19. The van der Waals surface area contributed by atoms with Gasteiger partial charge in [-0.3, -0.25) is 9.80 Å². The maximum absolute atomic E-state index is 13.5. The number of nitrogens with zero attached hydrogens (tertiary/aromatic N) is 1. The third-order valence-electron chi connectivity index (χ3n) is 1.89. The highest BCUT2D eigenvalue weighted by Gasteiger charge is 2.10. The van der Waals surface area contributed by atoms with Crippen molar-refractivity contribution in [2.75, 3.05) is 5.01 Å².